The first kappa shape index (κ1) is 15.2. The van der Waals surface area contributed by atoms with Crippen molar-refractivity contribution in [3.63, 3.8) is 0 Å². The molecule has 1 aliphatic heterocycles. The van der Waals surface area contributed by atoms with Crippen molar-refractivity contribution in [3.8, 4) is 11.5 Å². The summed E-state index contributed by atoms with van der Waals surface area (Å²) >= 11 is 3.23. The van der Waals surface area contributed by atoms with Gasteiger partial charge in [-0.05, 0) is 17.5 Å². The number of carbonyl (C=O) groups is 1. The third-order valence-electron chi connectivity index (χ3n) is 3.58. The Balaban J connectivity index is 1.95. The molecule has 1 aromatic carbocycles. The molecule has 0 aliphatic carbocycles. The van der Waals surface area contributed by atoms with Gasteiger partial charge in [-0.25, -0.2) is 0 Å². The minimum absolute atomic E-state index is 0.0420. The van der Waals surface area contributed by atoms with Gasteiger partial charge in [0.2, 0.25) is 0 Å². The van der Waals surface area contributed by atoms with Crippen LogP contribution in [0, 0.1) is 0 Å². The van der Waals surface area contributed by atoms with Crippen LogP contribution in [0.15, 0.2) is 35.7 Å². The number of amides is 1. The van der Waals surface area contributed by atoms with Gasteiger partial charge in [-0.15, -0.1) is 23.1 Å². The number of thioether (sulfide) groups is 1. The van der Waals surface area contributed by atoms with Crippen LogP contribution in [0.25, 0.3) is 0 Å². The van der Waals surface area contributed by atoms with Gasteiger partial charge in [0.15, 0.2) is 11.5 Å². The number of hydrogen-bond acceptors (Lipinski definition) is 5. The number of nitrogens with zero attached hydrogens (tertiary/aromatic N) is 1. The van der Waals surface area contributed by atoms with E-state index in [4.69, 9.17) is 9.47 Å². The molecule has 116 valence electrons. The molecule has 1 saturated heterocycles. The first-order valence-electron chi connectivity index (χ1n) is 6.93. The predicted molar refractivity (Wildman–Crippen MR) is 90.1 cm³/mol. The molecule has 0 N–H and O–H groups in total. The number of rotatable bonds is 4. The van der Waals surface area contributed by atoms with Gasteiger partial charge in [-0.2, -0.15) is 0 Å². The highest BCUT2D eigenvalue weighted by atomic mass is 32.2. The molecular weight excluding hydrogens is 318 g/mol. The SMILES string of the molecule is COc1cccc(C2SCCN2C(=O)c2cccs2)c1OC. The van der Waals surface area contributed by atoms with E-state index < -0.39 is 0 Å². The van der Waals surface area contributed by atoms with Gasteiger partial charge in [-0.3, -0.25) is 4.79 Å². The molecule has 1 unspecified atom stereocenters. The normalized spacial score (nSPS) is 17.5. The van der Waals surface area contributed by atoms with E-state index >= 15 is 0 Å². The summed E-state index contributed by atoms with van der Waals surface area (Å²) in [5.41, 5.74) is 0.981. The van der Waals surface area contributed by atoms with Crippen LogP contribution in [0.4, 0.5) is 0 Å². The number of benzene rings is 1. The lowest BCUT2D eigenvalue weighted by Gasteiger charge is -2.25. The summed E-state index contributed by atoms with van der Waals surface area (Å²) in [5.74, 6) is 2.39. The van der Waals surface area contributed by atoms with Crippen LogP contribution in [-0.2, 0) is 0 Å². The summed E-state index contributed by atoms with van der Waals surface area (Å²) in [6, 6.07) is 9.58. The first-order chi connectivity index (χ1) is 10.8. The lowest BCUT2D eigenvalue weighted by Crippen LogP contribution is -2.30. The molecule has 4 nitrogen and oxygen atoms in total. The van der Waals surface area contributed by atoms with Crippen molar-refractivity contribution in [3.05, 3.63) is 46.2 Å². The van der Waals surface area contributed by atoms with Crippen LogP contribution in [0.2, 0.25) is 0 Å². The second kappa shape index (κ2) is 6.62. The van der Waals surface area contributed by atoms with Gasteiger partial charge in [0.05, 0.1) is 19.1 Å². The number of methoxy groups -OCH3 is 2. The number of carbonyl (C=O) groups excluding carboxylic acids is 1. The van der Waals surface area contributed by atoms with Crippen molar-refractivity contribution in [1.29, 1.82) is 0 Å². The molecule has 1 aromatic heterocycles. The van der Waals surface area contributed by atoms with Crippen LogP contribution in [0.1, 0.15) is 20.6 Å². The number of thiophene rings is 1. The van der Waals surface area contributed by atoms with Crippen LogP contribution in [0.5, 0.6) is 11.5 Å². The monoisotopic (exact) mass is 335 g/mol. The molecule has 2 aromatic rings. The number of para-hydroxylation sites is 1. The highest BCUT2D eigenvalue weighted by molar-refractivity contribution is 7.99. The minimum Gasteiger partial charge on any atom is -0.493 e. The van der Waals surface area contributed by atoms with Gasteiger partial charge in [0, 0.05) is 17.9 Å². The Hall–Kier alpha value is -1.66. The van der Waals surface area contributed by atoms with Crippen molar-refractivity contribution in [2.45, 2.75) is 5.37 Å². The van der Waals surface area contributed by atoms with Crippen molar-refractivity contribution < 1.29 is 14.3 Å². The fourth-order valence-electron chi connectivity index (χ4n) is 2.58. The van der Waals surface area contributed by atoms with E-state index in [1.54, 1.807) is 26.0 Å². The van der Waals surface area contributed by atoms with Crippen LogP contribution in [0.3, 0.4) is 0 Å². The molecule has 22 heavy (non-hydrogen) atoms. The maximum absolute atomic E-state index is 12.7. The van der Waals surface area contributed by atoms with E-state index in [1.165, 1.54) is 11.3 Å². The zero-order valence-electron chi connectivity index (χ0n) is 12.4. The Morgan fingerprint density at radius 3 is 2.77 bits per heavy atom. The summed E-state index contributed by atoms with van der Waals surface area (Å²) < 4.78 is 10.9. The van der Waals surface area contributed by atoms with Gasteiger partial charge in [0.1, 0.15) is 5.37 Å². The second-order valence-corrected chi connectivity index (χ2v) is 6.92. The van der Waals surface area contributed by atoms with Gasteiger partial charge in [-0.1, -0.05) is 18.2 Å². The topological polar surface area (TPSA) is 38.8 Å². The highest BCUT2D eigenvalue weighted by Crippen LogP contribution is 2.45. The maximum Gasteiger partial charge on any atom is 0.265 e. The molecule has 1 amide bonds. The number of hydrogen-bond donors (Lipinski definition) is 0. The van der Waals surface area contributed by atoms with Gasteiger partial charge >= 0.3 is 0 Å². The molecule has 0 saturated carbocycles. The average Bonchev–Trinajstić information content (AvgIpc) is 3.24. The fraction of sp³-hybridized carbons (Fsp3) is 0.312. The number of ether oxygens (including phenoxy) is 2. The Labute approximate surface area is 138 Å². The van der Waals surface area contributed by atoms with Gasteiger partial charge < -0.3 is 14.4 Å². The predicted octanol–water partition coefficient (Wildman–Crippen LogP) is 3.65. The largest absolute Gasteiger partial charge is 0.493 e. The molecule has 0 radical (unpaired) electrons. The molecule has 3 rings (SSSR count). The van der Waals surface area contributed by atoms with E-state index in [0.717, 1.165) is 22.7 Å². The Kier molecular flexibility index (Phi) is 4.59. The third kappa shape index (κ3) is 2.68. The Bertz CT molecular complexity index is 657. The second-order valence-electron chi connectivity index (χ2n) is 4.78. The lowest BCUT2D eigenvalue weighted by atomic mass is 10.1. The van der Waals surface area contributed by atoms with Crippen molar-refractivity contribution in [2.24, 2.45) is 0 Å². The van der Waals surface area contributed by atoms with Crippen LogP contribution in [-0.4, -0.2) is 37.3 Å². The van der Waals surface area contributed by atoms with Gasteiger partial charge in [0.25, 0.3) is 5.91 Å². The average molecular weight is 335 g/mol. The molecule has 1 atom stereocenters. The lowest BCUT2D eigenvalue weighted by molar-refractivity contribution is 0.0764. The van der Waals surface area contributed by atoms with E-state index in [1.807, 2.05) is 40.6 Å². The first-order valence-corrected chi connectivity index (χ1v) is 8.86. The fourth-order valence-corrected chi connectivity index (χ4v) is 4.53. The zero-order valence-corrected chi connectivity index (χ0v) is 14.1. The Morgan fingerprint density at radius 2 is 2.09 bits per heavy atom. The quantitative estimate of drug-likeness (QED) is 0.855. The Morgan fingerprint density at radius 1 is 1.23 bits per heavy atom. The molecule has 0 spiro atoms. The molecule has 6 heteroatoms. The smallest absolute Gasteiger partial charge is 0.265 e. The van der Waals surface area contributed by atoms with Crippen LogP contribution < -0.4 is 9.47 Å². The van der Waals surface area contributed by atoms with E-state index in [0.29, 0.717) is 11.5 Å². The standard InChI is InChI=1S/C16H17NO3S2/c1-19-12-6-3-5-11(14(12)20-2)16-17(8-10-22-16)15(18)13-7-4-9-21-13/h3-7,9,16H,8,10H2,1-2H3. The van der Waals surface area contributed by atoms with Crippen molar-refractivity contribution >= 4 is 29.0 Å². The van der Waals surface area contributed by atoms with E-state index in [2.05, 4.69) is 0 Å². The summed E-state index contributed by atoms with van der Waals surface area (Å²) in [5, 5.41) is 1.89. The third-order valence-corrected chi connectivity index (χ3v) is 5.68. The zero-order chi connectivity index (χ0) is 15.5. The minimum atomic E-state index is -0.0420. The van der Waals surface area contributed by atoms with Crippen molar-refractivity contribution in [1.82, 2.24) is 4.90 Å². The highest BCUT2D eigenvalue weighted by Gasteiger charge is 2.34. The molecular formula is C16H17NO3S2. The van der Waals surface area contributed by atoms with Crippen LogP contribution >= 0.6 is 23.1 Å². The van der Waals surface area contributed by atoms with E-state index in [-0.39, 0.29) is 11.3 Å². The molecule has 2 heterocycles. The summed E-state index contributed by atoms with van der Waals surface area (Å²) in [7, 11) is 3.25. The summed E-state index contributed by atoms with van der Waals surface area (Å²) in [6.45, 7) is 0.742. The van der Waals surface area contributed by atoms with E-state index in [9.17, 15) is 4.79 Å². The molecule has 0 bridgehead atoms. The summed E-state index contributed by atoms with van der Waals surface area (Å²) in [4.78, 5) is 15.4. The summed E-state index contributed by atoms with van der Waals surface area (Å²) in [6.07, 6.45) is 0. The molecule has 1 aliphatic rings. The maximum atomic E-state index is 12.7. The van der Waals surface area contributed by atoms with Crippen molar-refractivity contribution in [2.75, 3.05) is 26.5 Å². The molecule has 1 fully saturated rings.